The number of aromatic nitrogens is 5. The van der Waals surface area contributed by atoms with Crippen LogP contribution in [0.5, 0.6) is 0 Å². The predicted octanol–water partition coefficient (Wildman–Crippen LogP) is 2.41. The third kappa shape index (κ3) is 3.90. The molecule has 0 bridgehead atoms. The number of aromatic amines is 1. The Hall–Kier alpha value is -3.10. The minimum Gasteiger partial charge on any atom is -0.373 e. The molecule has 9 heteroatoms. The van der Waals surface area contributed by atoms with Crippen LogP contribution in [0.2, 0.25) is 5.02 Å². The van der Waals surface area contributed by atoms with Crippen molar-refractivity contribution in [3.8, 4) is 11.5 Å². The van der Waals surface area contributed by atoms with Crippen LogP contribution in [-0.2, 0) is 24.3 Å². The molecule has 0 saturated carbocycles. The molecule has 0 spiro atoms. The summed E-state index contributed by atoms with van der Waals surface area (Å²) in [7, 11) is 0. The number of aryl methyl sites for hydroxylation is 1. The Balaban J connectivity index is 1.75. The van der Waals surface area contributed by atoms with Crippen LogP contribution in [0, 0.1) is 0 Å². The fraction of sp³-hybridized carbons (Fsp3) is 0.250. The van der Waals surface area contributed by atoms with Gasteiger partial charge in [-0.05, 0) is 36.2 Å². The fourth-order valence-corrected chi connectivity index (χ4v) is 3.46. The molecule has 2 aliphatic rings. The predicted molar refractivity (Wildman–Crippen MR) is 109 cm³/mol. The molecular formula is C20H18ClN5O3. The summed E-state index contributed by atoms with van der Waals surface area (Å²) in [6.45, 7) is 3.07. The molecule has 8 nitrogen and oxygen atoms in total. The topological polar surface area (TPSA) is 103 Å². The maximum absolute atomic E-state index is 12.3. The molecule has 0 aliphatic carbocycles. The summed E-state index contributed by atoms with van der Waals surface area (Å²) in [6, 6.07) is 9.26. The Kier molecular flexibility index (Phi) is 5.37. The van der Waals surface area contributed by atoms with Gasteiger partial charge < -0.3 is 9.30 Å². The number of pyridine rings is 1. The molecule has 0 saturated heterocycles. The number of hydrogen-bond acceptors (Lipinski definition) is 6. The molecular weight excluding hydrogens is 394 g/mol. The number of fused-ring (bicyclic) bond motifs is 2. The Morgan fingerprint density at radius 3 is 2.83 bits per heavy atom. The first-order valence-corrected chi connectivity index (χ1v) is 9.55. The van der Waals surface area contributed by atoms with E-state index < -0.39 is 11.2 Å². The second-order valence-corrected chi connectivity index (χ2v) is 6.87. The monoisotopic (exact) mass is 411 g/mol. The van der Waals surface area contributed by atoms with E-state index in [4.69, 9.17) is 16.3 Å². The van der Waals surface area contributed by atoms with E-state index in [0.29, 0.717) is 30.3 Å². The molecule has 148 valence electrons. The van der Waals surface area contributed by atoms with Gasteiger partial charge in [0.15, 0.2) is 11.5 Å². The Morgan fingerprint density at radius 1 is 1.21 bits per heavy atom. The van der Waals surface area contributed by atoms with Crippen molar-refractivity contribution in [1.29, 1.82) is 0 Å². The zero-order valence-corrected chi connectivity index (χ0v) is 16.4. The Bertz CT molecular complexity index is 1250. The van der Waals surface area contributed by atoms with Gasteiger partial charge in [0.2, 0.25) is 0 Å². The first-order valence-electron chi connectivity index (χ1n) is 9.17. The SMILES string of the molecule is CCc1cc2c(cc1Cl)nc1c(=O)[nH]c(=O)nc-1n2CCOCc1ccccn1. The summed E-state index contributed by atoms with van der Waals surface area (Å²) in [5.41, 5.74) is 1.83. The lowest BCUT2D eigenvalue weighted by Crippen LogP contribution is -2.29. The minimum absolute atomic E-state index is 0.0853. The average Bonchev–Trinajstić information content (AvgIpc) is 2.71. The number of H-pyrrole nitrogens is 1. The Labute approximate surface area is 170 Å². The van der Waals surface area contributed by atoms with Gasteiger partial charge in [-0.3, -0.25) is 14.8 Å². The molecule has 4 rings (SSSR count). The van der Waals surface area contributed by atoms with Crippen molar-refractivity contribution in [1.82, 2.24) is 24.5 Å². The van der Waals surface area contributed by atoms with Crippen LogP contribution in [0.1, 0.15) is 18.2 Å². The van der Waals surface area contributed by atoms with Crippen molar-refractivity contribution in [3.05, 3.63) is 73.6 Å². The molecule has 0 fully saturated rings. The highest BCUT2D eigenvalue weighted by molar-refractivity contribution is 6.32. The summed E-state index contributed by atoms with van der Waals surface area (Å²) < 4.78 is 7.52. The van der Waals surface area contributed by atoms with Gasteiger partial charge in [0.25, 0.3) is 5.56 Å². The van der Waals surface area contributed by atoms with Crippen LogP contribution in [0.15, 0.2) is 46.1 Å². The van der Waals surface area contributed by atoms with Gasteiger partial charge >= 0.3 is 5.69 Å². The van der Waals surface area contributed by atoms with Crippen LogP contribution in [0.25, 0.3) is 22.6 Å². The molecule has 1 N–H and O–H groups in total. The maximum atomic E-state index is 12.3. The molecule has 0 amide bonds. The normalized spacial score (nSPS) is 11.4. The first kappa shape index (κ1) is 19.2. The lowest BCUT2D eigenvalue weighted by Gasteiger charge is -2.17. The standard InChI is InChI=1S/C20H18ClN5O3/c1-2-12-9-16-15(10-14(12)21)23-17-18(24-20(28)25-19(17)27)26(16)7-8-29-11-13-5-3-4-6-22-13/h3-6,9-10H,2,7-8,11H2,1H3,(H,25,27,28). The summed E-state index contributed by atoms with van der Waals surface area (Å²) in [4.78, 5) is 38.9. The minimum atomic E-state index is -0.712. The zero-order valence-electron chi connectivity index (χ0n) is 15.7. The number of ether oxygens (including phenoxy) is 1. The smallest absolute Gasteiger partial charge is 0.349 e. The number of nitrogens with one attached hydrogen (secondary N) is 1. The van der Waals surface area contributed by atoms with Crippen molar-refractivity contribution in [2.75, 3.05) is 6.61 Å². The maximum Gasteiger partial charge on any atom is 0.349 e. The molecule has 3 heterocycles. The van der Waals surface area contributed by atoms with Gasteiger partial charge in [0.05, 0.1) is 29.9 Å². The summed E-state index contributed by atoms with van der Waals surface area (Å²) in [6.07, 6.45) is 2.44. The van der Waals surface area contributed by atoms with Gasteiger partial charge in [-0.1, -0.05) is 24.6 Å². The van der Waals surface area contributed by atoms with Gasteiger partial charge in [-0.2, -0.15) is 4.98 Å². The third-order valence-corrected chi connectivity index (χ3v) is 4.95. The number of benzene rings is 1. The second-order valence-electron chi connectivity index (χ2n) is 6.47. The molecule has 1 aromatic carbocycles. The zero-order chi connectivity index (χ0) is 20.4. The number of rotatable bonds is 6. The van der Waals surface area contributed by atoms with E-state index >= 15 is 0 Å². The summed E-state index contributed by atoms with van der Waals surface area (Å²) >= 11 is 6.33. The van der Waals surface area contributed by atoms with Gasteiger partial charge in [-0.15, -0.1) is 0 Å². The summed E-state index contributed by atoms with van der Waals surface area (Å²) in [5, 5.41) is 0.578. The van der Waals surface area contributed by atoms with E-state index in [2.05, 4.69) is 19.9 Å². The number of nitrogens with zero attached hydrogens (tertiary/aromatic N) is 4. The molecule has 1 aromatic heterocycles. The molecule has 0 unspecified atom stereocenters. The highest BCUT2D eigenvalue weighted by Crippen LogP contribution is 2.27. The highest BCUT2D eigenvalue weighted by atomic mass is 35.5. The van der Waals surface area contributed by atoms with E-state index in [1.165, 1.54) is 0 Å². The quantitative estimate of drug-likeness (QED) is 0.386. The molecule has 2 aromatic rings. The molecule has 2 aliphatic heterocycles. The van der Waals surface area contributed by atoms with Crippen molar-refractivity contribution in [3.63, 3.8) is 0 Å². The van der Waals surface area contributed by atoms with Gasteiger partial charge in [-0.25, -0.2) is 9.78 Å². The van der Waals surface area contributed by atoms with Gasteiger partial charge in [0.1, 0.15) is 0 Å². The second kappa shape index (κ2) is 8.10. The first-order chi connectivity index (χ1) is 14.1. The Morgan fingerprint density at radius 2 is 2.07 bits per heavy atom. The van der Waals surface area contributed by atoms with E-state index in [9.17, 15) is 9.59 Å². The van der Waals surface area contributed by atoms with Crippen molar-refractivity contribution in [2.24, 2.45) is 0 Å². The lowest BCUT2D eigenvalue weighted by atomic mass is 10.1. The fourth-order valence-electron chi connectivity index (χ4n) is 3.17. The third-order valence-electron chi connectivity index (χ3n) is 4.59. The van der Waals surface area contributed by atoms with Crippen molar-refractivity contribution >= 4 is 22.6 Å². The number of halogens is 1. The molecule has 0 radical (unpaired) electrons. The van der Waals surface area contributed by atoms with Crippen molar-refractivity contribution in [2.45, 2.75) is 26.5 Å². The van der Waals surface area contributed by atoms with E-state index in [1.54, 1.807) is 16.8 Å². The van der Waals surface area contributed by atoms with E-state index in [-0.39, 0.29) is 11.5 Å². The molecule has 0 atom stereocenters. The van der Waals surface area contributed by atoms with Gasteiger partial charge in [0, 0.05) is 17.8 Å². The van der Waals surface area contributed by atoms with Crippen LogP contribution >= 0.6 is 11.6 Å². The molecule has 29 heavy (non-hydrogen) atoms. The van der Waals surface area contributed by atoms with E-state index in [0.717, 1.165) is 23.2 Å². The number of hydrogen-bond donors (Lipinski definition) is 1. The van der Waals surface area contributed by atoms with Crippen molar-refractivity contribution < 1.29 is 4.74 Å². The summed E-state index contributed by atoms with van der Waals surface area (Å²) in [5.74, 6) is 0.220. The van der Waals surface area contributed by atoms with Crippen LogP contribution in [-0.4, -0.2) is 31.1 Å². The van der Waals surface area contributed by atoms with Crippen LogP contribution in [0.4, 0.5) is 0 Å². The van der Waals surface area contributed by atoms with E-state index in [1.807, 2.05) is 31.2 Å². The largest absolute Gasteiger partial charge is 0.373 e. The average molecular weight is 412 g/mol. The highest BCUT2D eigenvalue weighted by Gasteiger charge is 2.19. The lowest BCUT2D eigenvalue weighted by molar-refractivity contribution is 0.111. The van der Waals surface area contributed by atoms with Crippen LogP contribution in [0.3, 0.4) is 0 Å². The van der Waals surface area contributed by atoms with Crippen LogP contribution < -0.4 is 11.2 Å².